The predicted octanol–water partition coefficient (Wildman–Crippen LogP) is 3.65. The summed E-state index contributed by atoms with van der Waals surface area (Å²) in [6.45, 7) is 3.90. The van der Waals surface area contributed by atoms with Crippen LogP contribution in [0, 0.1) is 5.41 Å². The molecule has 0 amide bonds. The number of hydrogen-bond acceptors (Lipinski definition) is 5. The second-order valence-electron chi connectivity index (χ2n) is 8.93. The van der Waals surface area contributed by atoms with Gasteiger partial charge in [0.1, 0.15) is 5.82 Å². The molecule has 0 radical (unpaired) electrons. The maximum Gasteiger partial charge on any atom is 0.151 e. The summed E-state index contributed by atoms with van der Waals surface area (Å²) in [6.07, 6.45) is 6.15. The highest BCUT2D eigenvalue weighted by molar-refractivity contribution is 6.30. The van der Waals surface area contributed by atoms with Gasteiger partial charge in [-0.3, -0.25) is 14.5 Å². The third kappa shape index (κ3) is 2.77. The van der Waals surface area contributed by atoms with Gasteiger partial charge in [-0.1, -0.05) is 11.6 Å². The van der Waals surface area contributed by atoms with Crippen molar-refractivity contribution in [3.8, 4) is 5.69 Å². The highest BCUT2D eigenvalue weighted by atomic mass is 35.5. The van der Waals surface area contributed by atoms with Gasteiger partial charge >= 0.3 is 0 Å². The van der Waals surface area contributed by atoms with E-state index in [9.17, 15) is 0 Å². The number of aromatic nitrogens is 4. The van der Waals surface area contributed by atoms with Crippen LogP contribution in [0.5, 0.6) is 0 Å². The van der Waals surface area contributed by atoms with Crippen molar-refractivity contribution in [1.82, 2.24) is 24.6 Å². The molecule has 3 aliphatic rings. The summed E-state index contributed by atoms with van der Waals surface area (Å²) < 4.78 is 2.30. The maximum absolute atomic E-state index is 6.28. The maximum atomic E-state index is 6.28. The summed E-state index contributed by atoms with van der Waals surface area (Å²) in [7, 11) is 2.12. The second-order valence-corrected chi connectivity index (χ2v) is 9.36. The second kappa shape index (κ2) is 6.28. The van der Waals surface area contributed by atoms with E-state index in [4.69, 9.17) is 11.6 Å². The average molecular weight is 407 g/mol. The minimum absolute atomic E-state index is 0.428. The zero-order chi connectivity index (χ0) is 19.6. The van der Waals surface area contributed by atoms with Gasteiger partial charge in [-0.25, -0.2) is 0 Å². The first-order chi connectivity index (χ1) is 14.1. The minimum atomic E-state index is 0.428. The van der Waals surface area contributed by atoms with Gasteiger partial charge in [-0.2, -0.15) is 0 Å². The fourth-order valence-corrected chi connectivity index (χ4v) is 5.55. The van der Waals surface area contributed by atoms with Crippen LogP contribution in [0.1, 0.15) is 36.0 Å². The van der Waals surface area contributed by atoms with Crippen molar-refractivity contribution < 1.29 is 0 Å². The highest BCUT2D eigenvalue weighted by Crippen LogP contribution is 2.56. The molecule has 6 nitrogen and oxygen atoms in total. The lowest BCUT2D eigenvalue weighted by Gasteiger charge is -2.59. The van der Waals surface area contributed by atoms with Crippen LogP contribution in [-0.2, 0) is 13.1 Å². The van der Waals surface area contributed by atoms with E-state index in [1.54, 1.807) is 0 Å². The normalized spacial score (nSPS) is 20.6. The zero-order valence-electron chi connectivity index (χ0n) is 16.4. The van der Waals surface area contributed by atoms with E-state index < -0.39 is 0 Å². The monoisotopic (exact) mass is 406 g/mol. The number of nitrogens with zero attached hydrogens (tertiary/aromatic N) is 6. The average Bonchev–Trinajstić information content (AvgIpc) is 2.97. The molecule has 2 aliphatic heterocycles. The van der Waals surface area contributed by atoms with Crippen molar-refractivity contribution in [1.29, 1.82) is 0 Å². The molecule has 4 heterocycles. The Balaban J connectivity index is 1.25. The first kappa shape index (κ1) is 17.4. The van der Waals surface area contributed by atoms with E-state index >= 15 is 0 Å². The quantitative estimate of drug-likeness (QED) is 0.650. The van der Waals surface area contributed by atoms with Gasteiger partial charge in [0.2, 0.25) is 0 Å². The molecule has 0 N–H and O–H groups in total. The van der Waals surface area contributed by atoms with Gasteiger partial charge in [0.05, 0.1) is 24.1 Å². The van der Waals surface area contributed by atoms with Gasteiger partial charge in [-0.15, -0.1) is 10.2 Å². The summed E-state index contributed by atoms with van der Waals surface area (Å²) in [6, 6.07) is 10.3. The van der Waals surface area contributed by atoms with E-state index in [1.807, 2.05) is 24.5 Å². The number of pyridine rings is 1. The summed E-state index contributed by atoms with van der Waals surface area (Å²) >= 11 is 6.28. The molecule has 1 aromatic carbocycles. The van der Waals surface area contributed by atoms with Gasteiger partial charge in [0.15, 0.2) is 5.82 Å². The van der Waals surface area contributed by atoms with E-state index in [0.717, 1.165) is 42.9 Å². The Morgan fingerprint density at radius 1 is 1.10 bits per heavy atom. The van der Waals surface area contributed by atoms with Crippen LogP contribution in [0.15, 0.2) is 42.7 Å². The minimum Gasteiger partial charge on any atom is -0.369 e. The number of fused-ring (bicyclic) bond motifs is 3. The molecule has 0 unspecified atom stereocenters. The van der Waals surface area contributed by atoms with Crippen molar-refractivity contribution >= 4 is 17.3 Å². The fourth-order valence-electron chi connectivity index (χ4n) is 5.36. The van der Waals surface area contributed by atoms with Crippen molar-refractivity contribution in [3.63, 3.8) is 0 Å². The smallest absolute Gasteiger partial charge is 0.151 e. The van der Waals surface area contributed by atoms with Crippen molar-refractivity contribution in [2.24, 2.45) is 5.41 Å². The molecule has 2 fully saturated rings. The number of benzene rings is 1. The highest BCUT2D eigenvalue weighted by Gasteiger charge is 2.54. The van der Waals surface area contributed by atoms with E-state index in [1.165, 1.54) is 29.8 Å². The van der Waals surface area contributed by atoms with Crippen LogP contribution < -0.4 is 4.90 Å². The summed E-state index contributed by atoms with van der Waals surface area (Å²) in [4.78, 5) is 8.95. The SMILES string of the molecule is CN1Cc2cc(Cl)ccc2-n2c(nnc2C2CC3(C2)CN(c2cccnc2)C3)C1. The molecule has 1 spiro atoms. The molecule has 1 saturated carbocycles. The van der Waals surface area contributed by atoms with Gasteiger partial charge in [-0.05, 0) is 55.8 Å². The predicted molar refractivity (Wildman–Crippen MR) is 112 cm³/mol. The Kier molecular flexibility index (Phi) is 3.77. The van der Waals surface area contributed by atoms with Crippen LogP contribution >= 0.6 is 11.6 Å². The lowest BCUT2D eigenvalue weighted by Crippen LogP contribution is -2.62. The molecule has 148 valence electrons. The van der Waals surface area contributed by atoms with Crippen LogP contribution in [0.25, 0.3) is 5.69 Å². The first-order valence-corrected chi connectivity index (χ1v) is 10.5. The van der Waals surface area contributed by atoms with Crippen LogP contribution in [0.3, 0.4) is 0 Å². The third-order valence-electron chi connectivity index (χ3n) is 6.68. The number of rotatable bonds is 2. The number of halogens is 1. The van der Waals surface area contributed by atoms with Gasteiger partial charge < -0.3 is 4.90 Å². The van der Waals surface area contributed by atoms with Crippen molar-refractivity contribution in [3.05, 3.63) is 65.0 Å². The Morgan fingerprint density at radius 2 is 1.97 bits per heavy atom. The molecule has 6 rings (SSSR count). The Morgan fingerprint density at radius 3 is 2.76 bits per heavy atom. The molecule has 1 aliphatic carbocycles. The Hall–Kier alpha value is -2.44. The van der Waals surface area contributed by atoms with E-state index in [2.05, 4.69) is 54.8 Å². The lowest BCUT2D eigenvalue weighted by atomic mass is 9.57. The largest absolute Gasteiger partial charge is 0.369 e. The molecular weight excluding hydrogens is 384 g/mol. The lowest BCUT2D eigenvalue weighted by molar-refractivity contribution is 0.0587. The van der Waals surface area contributed by atoms with Crippen LogP contribution in [-0.4, -0.2) is 44.8 Å². The molecule has 29 heavy (non-hydrogen) atoms. The van der Waals surface area contributed by atoms with E-state index in [-0.39, 0.29) is 0 Å². The van der Waals surface area contributed by atoms with Gasteiger partial charge in [0.25, 0.3) is 0 Å². The Bertz CT molecular complexity index is 1060. The number of hydrogen-bond donors (Lipinski definition) is 0. The standard InChI is InChI=1S/C22H23ClN6/c1-27-11-15-7-17(23)4-5-19(15)29-20(12-27)25-26-21(29)16-8-22(9-16)13-28(14-22)18-3-2-6-24-10-18/h2-7,10,16H,8-9,11-14H2,1H3. The van der Waals surface area contributed by atoms with E-state index in [0.29, 0.717) is 11.3 Å². The summed E-state index contributed by atoms with van der Waals surface area (Å²) in [5, 5.41) is 9.99. The first-order valence-electron chi connectivity index (χ1n) is 10.2. The molecule has 0 bridgehead atoms. The van der Waals surface area contributed by atoms with Crippen LogP contribution in [0.2, 0.25) is 5.02 Å². The van der Waals surface area contributed by atoms with Gasteiger partial charge in [0, 0.05) is 42.2 Å². The molecule has 7 heteroatoms. The molecule has 3 aromatic rings. The molecule has 0 atom stereocenters. The molecule has 1 saturated heterocycles. The van der Waals surface area contributed by atoms with Crippen molar-refractivity contribution in [2.45, 2.75) is 31.8 Å². The molecule has 2 aromatic heterocycles. The zero-order valence-corrected chi connectivity index (χ0v) is 17.2. The van der Waals surface area contributed by atoms with Crippen LogP contribution in [0.4, 0.5) is 5.69 Å². The summed E-state index contributed by atoms with van der Waals surface area (Å²) in [5.74, 6) is 2.61. The summed E-state index contributed by atoms with van der Waals surface area (Å²) in [5.41, 5.74) is 4.07. The third-order valence-corrected chi connectivity index (χ3v) is 6.91. The topological polar surface area (TPSA) is 50.1 Å². The van der Waals surface area contributed by atoms with Crippen molar-refractivity contribution in [2.75, 3.05) is 25.0 Å². The number of anilines is 1. The Labute approximate surface area is 175 Å². The fraction of sp³-hybridized carbons (Fsp3) is 0.409. The molecular formula is C22H23ClN6.